The third-order valence-electron chi connectivity index (χ3n) is 3.15. The van der Waals surface area contributed by atoms with Gasteiger partial charge in [-0.2, -0.15) is 5.26 Å². The first-order chi connectivity index (χ1) is 10.2. The van der Waals surface area contributed by atoms with Gasteiger partial charge >= 0.3 is 0 Å². The summed E-state index contributed by atoms with van der Waals surface area (Å²) in [5.41, 5.74) is 2.23. The van der Waals surface area contributed by atoms with Crippen molar-refractivity contribution in [3.63, 3.8) is 0 Å². The van der Waals surface area contributed by atoms with E-state index in [1.54, 1.807) is 13.2 Å². The van der Waals surface area contributed by atoms with Crippen LogP contribution >= 0.6 is 0 Å². The maximum Gasteiger partial charge on any atom is 0.124 e. The SMILES string of the molecule is COCCNCc1cccn1Cc1cc(F)cc(C#N)c1. The van der Waals surface area contributed by atoms with Crippen LogP contribution in [0.5, 0.6) is 0 Å². The zero-order valence-corrected chi connectivity index (χ0v) is 12.0. The van der Waals surface area contributed by atoms with Crippen molar-refractivity contribution in [1.29, 1.82) is 5.26 Å². The predicted molar refractivity (Wildman–Crippen MR) is 78.2 cm³/mol. The molecule has 0 aliphatic heterocycles. The van der Waals surface area contributed by atoms with Gasteiger partial charge in [-0.15, -0.1) is 0 Å². The summed E-state index contributed by atoms with van der Waals surface area (Å²) in [6.45, 7) is 2.70. The van der Waals surface area contributed by atoms with E-state index in [-0.39, 0.29) is 5.82 Å². The second-order valence-corrected chi connectivity index (χ2v) is 4.76. The highest BCUT2D eigenvalue weighted by Gasteiger charge is 2.05. The molecule has 110 valence electrons. The van der Waals surface area contributed by atoms with Crippen molar-refractivity contribution in [3.8, 4) is 6.07 Å². The number of hydrogen-bond acceptors (Lipinski definition) is 3. The molecule has 2 aromatic rings. The van der Waals surface area contributed by atoms with E-state index in [9.17, 15) is 4.39 Å². The molecule has 0 fully saturated rings. The van der Waals surface area contributed by atoms with E-state index in [2.05, 4.69) is 5.32 Å². The van der Waals surface area contributed by atoms with Crippen LogP contribution in [0, 0.1) is 17.1 Å². The van der Waals surface area contributed by atoms with E-state index in [1.165, 1.54) is 12.1 Å². The molecule has 0 atom stereocenters. The summed E-state index contributed by atoms with van der Waals surface area (Å²) in [5.74, 6) is -0.379. The molecule has 0 radical (unpaired) electrons. The predicted octanol–water partition coefficient (Wildman–Crippen LogP) is 2.28. The molecule has 1 aromatic heterocycles. The lowest BCUT2D eigenvalue weighted by Crippen LogP contribution is -2.20. The topological polar surface area (TPSA) is 50.0 Å². The van der Waals surface area contributed by atoms with Crippen LogP contribution in [0.25, 0.3) is 0 Å². The molecule has 2 rings (SSSR count). The molecule has 0 saturated heterocycles. The molecule has 0 saturated carbocycles. The highest BCUT2D eigenvalue weighted by molar-refractivity contribution is 5.34. The van der Waals surface area contributed by atoms with Crippen molar-refractivity contribution in [2.24, 2.45) is 0 Å². The van der Waals surface area contributed by atoms with E-state index in [0.717, 1.165) is 24.3 Å². The van der Waals surface area contributed by atoms with Crippen LogP contribution in [0.2, 0.25) is 0 Å². The minimum absolute atomic E-state index is 0.344. The third kappa shape index (κ3) is 4.42. The van der Waals surface area contributed by atoms with Gasteiger partial charge in [-0.05, 0) is 35.9 Å². The number of nitrogens with one attached hydrogen (secondary N) is 1. The van der Waals surface area contributed by atoms with E-state index in [4.69, 9.17) is 10.00 Å². The Bertz CT molecular complexity index is 631. The molecular formula is C16H18FN3O. The number of nitrogens with zero attached hydrogens (tertiary/aromatic N) is 2. The second kappa shape index (κ2) is 7.58. The Morgan fingerprint density at radius 1 is 1.38 bits per heavy atom. The van der Waals surface area contributed by atoms with E-state index in [0.29, 0.717) is 18.7 Å². The molecule has 0 spiro atoms. The number of benzene rings is 1. The normalized spacial score (nSPS) is 10.5. The van der Waals surface area contributed by atoms with E-state index < -0.39 is 0 Å². The Morgan fingerprint density at radius 2 is 2.24 bits per heavy atom. The summed E-state index contributed by atoms with van der Waals surface area (Å²) in [6, 6.07) is 10.4. The molecule has 0 amide bonds. The number of nitriles is 1. The fourth-order valence-electron chi connectivity index (χ4n) is 2.16. The second-order valence-electron chi connectivity index (χ2n) is 4.76. The average Bonchev–Trinajstić information content (AvgIpc) is 2.90. The molecule has 1 N–H and O–H groups in total. The number of rotatable bonds is 7. The van der Waals surface area contributed by atoms with Crippen molar-refractivity contribution in [1.82, 2.24) is 9.88 Å². The smallest absolute Gasteiger partial charge is 0.124 e. The molecule has 1 aromatic carbocycles. The Morgan fingerprint density at radius 3 is 3.00 bits per heavy atom. The van der Waals surface area contributed by atoms with Gasteiger partial charge in [-0.1, -0.05) is 0 Å². The van der Waals surface area contributed by atoms with Crippen molar-refractivity contribution >= 4 is 0 Å². The zero-order valence-electron chi connectivity index (χ0n) is 12.0. The van der Waals surface area contributed by atoms with Gasteiger partial charge in [-0.25, -0.2) is 4.39 Å². The minimum atomic E-state index is -0.379. The summed E-state index contributed by atoms with van der Waals surface area (Å²) < 4.78 is 20.5. The Balaban J connectivity index is 2.05. The molecule has 0 unspecified atom stereocenters. The van der Waals surface area contributed by atoms with Gasteiger partial charge in [0.1, 0.15) is 5.82 Å². The van der Waals surface area contributed by atoms with Crippen LogP contribution in [-0.4, -0.2) is 24.8 Å². The largest absolute Gasteiger partial charge is 0.383 e. The highest BCUT2D eigenvalue weighted by Crippen LogP contribution is 2.12. The molecular weight excluding hydrogens is 269 g/mol. The van der Waals surface area contributed by atoms with Gasteiger partial charge in [0.15, 0.2) is 0 Å². The van der Waals surface area contributed by atoms with E-state index in [1.807, 2.05) is 29.0 Å². The highest BCUT2D eigenvalue weighted by atomic mass is 19.1. The lowest BCUT2D eigenvalue weighted by Gasteiger charge is -2.11. The van der Waals surface area contributed by atoms with Crippen molar-refractivity contribution in [3.05, 3.63) is 59.2 Å². The van der Waals surface area contributed by atoms with Gasteiger partial charge in [0.05, 0.1) is 18.2 Å². The maximum absolute atomic E-state index is 13.4. The van der Waals surface area contributed by atoms with Crippen LogP contribution in [0.3, 0.4) is 0 Å². The number of hydrogen-bond donors (Lipinski definition) is 1. The minimum Gasteiger partial charge on any atom is -0.383 e. The summed E-state index contributed by atoms with van der Waals surface area (Å²) >= 11 is 0. The first-order valence-corrected chi connectivity index (χ1v) is 6.76. The molecule has 21 heavy (non-hydrogen) atoms. The van der Waals surface area contributed by atoms with Gasteiger partial charge in [-0.3, -0.25) is 0 Å². The van der Waals surface area contributed by atoms with Crippen LogP contribution in [0.4, 0.5) is 4.39 Å². The molecule has 0 aliphatic rings. The third-order valence-corrected chi connectivity index (χ3v) is 3.15. The van der Waals surface area contributed by atoms with Crippen LogP contribution in [0.15, 0.2) is 36.5 Å². The summed E-state index contributed by atoms with van der Waals surface area (Å²) in [4.78, 5) is 0. The fraction of sp³-hybridized carbons (Fsp3) is 0.312. The first kappa shape index (κ1) is 15.2. The summed E-state index contributed by atoms with van der Waals surface area (Å²) in [6.07, 6.45) is 1.95. The molecule has 0 aliphatic carbocycles. The van der Waals surface area contributed by atoms with Crippen molar-refractivity contribution < 1.29 is 9.13 Å². The van der Waals surface area contributed by atoms with E-state index >= 15 is 0 Å². The lowest BCUT2D eigenvalue weighted by molar-refractivity contribution is 0.199. The van der Waals surface area contributed by atoms with Gasteiger partial charge < -0.3 is 14.6 Å². The van der Waals surface area contributed by atoms with Crippen molar-refractivity contribution in [2.45, 2.75) is 13.1 Å². The summed E-state index contributed by atoms with van der Waals surface area (Å²) in [5, 5.41) is 12.2. The summed E-state index contributed by atoms with van der Waals surface area (Å²) in [7, 11) is 1.67. The Labute approximate surface area is 123 Å². The quantitative estimate of drug-likeness (QED) is 0.795. The average molecular weight is 287 g/mol. The van der Waals surface area contributed by atoms with Crippen molar-refractivity contribution in [2.75, 3.05) is 20.3 Å². The number of aromatic nitrogens is 1. The van der Waals surface area contributed by atoms with Gasteiger partial charge in [0.2, 0.25) is 0 Å². The fourth-order valence-corrected chi connectivity index (χ4v) is 2.16. The maximum atomic E-state index is 13.4. The number of ether oxygens (including phenoxy) is 1. The Kier molecular flexibility index (Phi) is 5.50. The molecule has 5 heteroatoms. The molecule has 1 heterocycles. The molecule has 0 bridgehead atoms. The number of halogens is 1. The van der Waals surface area contributed by atoms with Crippen LogP contribution < -0.4 is 5.32 Å². The lowest BCUT2D eigenvalue weighted by atomic mass is 10.1. The Hall–Kier alpha value is -2.16. The standard InChI is InChI=1S/C16H18FN3O/c1-21-6-4-19-11-16-3-2-5-20(16)12-14-7-13(10-18)8-15(17)9-14/h2-3,5,7-9,19H,4,6,11-12H2,1H3. The first-order valence-electron chi connectivity index (χ1n) is 6.76. The van der Waals surface area contributed by atoms with Gasteiger partial charge in [0.25, 0.3) is 0 Å². The monoisotopic (exact) mass is 287 g/mol. The van der Waals surface area contributed by atoms with Crippen LogP contribution in [-0.2, 0) is 17.8 Å². The van der Waals surface area contributed by atoms with Crippen LogP contribution in [0.1, 0.15) is 16.8 Å². The number of methoxy groups -OCH3 is 1. The zero-order chi connectivity index (χ0) is 15.1. The van der Waals surface area contributed by atoms with Gasteiger partial charge in [0, 0.05) is 38.6 Å². The molecule has 4 nitrogen and oxygen atoms in total.